The molecule has 7 heteroatoms. The largest absolute Gasteiger partial charge is 0.334 e. The second-order valence-corrected chi connectivity index (χ2v) is 4.47. The molecule has 0 amide bonds. The van der Waals surface area contributed by atoms with Crippen LogP contribution in [0.15, 0.2) is 52.0 Å². The smallest absolute Gasteiger partial charge is 0.323 e. The van der Waals surface area contributed by atoms with E-state index < -0.39 is 0 Å². The Labute approximate surface area is 117 Å². The molecule has 0 radical (unpaired) electrons. The minimum absolute atomic E-state index is 0.272. The lowest BCUT2D eigenvalue weighted by molar-refractivity contribution is 0.432. The van der Waals surface area contributed by atoms with Gasteiger partial charge in [0.1, 0.15) is 0 Å². The number of pyridine rings is 1. The van der Waals surface area contributed by atoms with Crippen molar-refractivity contribution in [2.24, 2.45) is 0 Å². The van der Waals surface area contributed by atoms with Crippen molar-refractivity contribution in [3.8, 4) is 22.8 Å². The minimum Gasteiger partial charge on any atom is -0.334 e. The molecule has 2 N–H and O–H groups in total. The molecule has 7 nitrogen and oxygen atoms in total. The van der Waals surface area contributed by atoms with Crippen LogP contribution in [0.25, 0.3) is 33.9 Å². The van der Waals surface area contributed by atoms with E-state index in [0.717, 1.165) is 5.56 Å². The molecule has 0 bridgehead atoms. The van der Waals surface area contributed by atoms with Gasteiger partial charge in [0.2, 0.25) is 5.82 Å². The summed E-state index contributed by atoms with van der Waals surface area (Å²) >= 11 is 0. The summed E-state index contributed by atoms with van der Waals surface area (Å²) < 4.78 is 5.31. The summed E-state index contributed by atoms with van der Waals surface area (Å²) in [5.74, 6) is 0.824. The number of H-pyrrole nitrogens is 2. The highest BCUT2D eigenvalue weighted by Gasteiger charge is 2.14. The fraction of sp³-hybridized carbons (Fsp3) is 0. The van der Waals surface area contributed by atoms with Gasteiger partial charge in [-0.3, -0.25) is 4.98 Å². The first-order valence-corrected chi connectivity index (χ1v) is 6.27. The molecule has 4 aromatic rings. The number of benzene rings is 1. The first-order chi connectivity index (χ1) is 10.3. The molecule has 3 aromatic heterocycles. The summed E-state index contributed by atoms with van der Waals surface area (Å²) in [6, 6.07) is 9.03. The zero-order chi connectivity index (χ0) is 14.2. The van der Waals surface area contributed by atoms with Gasteiger partial charge in [-0.2, -0.15) is 4.98 Å². The van der Waals surface area contributed by atoms with Crippen molar-refractivity contribution < 1.29 is 4.52 Å². The van der Waals surface area contributed by atoms with Crippen LogP contribution in [0.5, 0.6) is 0 Å². The van der Waals surface area contributed by atoms with Gasteiger partial charge in [0, 0.05) is 18.0 Å². The monoisotopic (exact) mass is 279 g/mol. The molecule has 21 heavy (non-hydrogen) atoms. The Hall–Kier alpha value is -3.22. The molecule has 0 spiro atoms. The van der Waals surface area contributed by atoms with Crippen LogP contribution in [0.2, 0.25) is 0 Å². The first kappa shape index (κ1) is 11.6. The molecule has 0 fully saturated rings. The van der Waals surface area contributed by atoms with Crippen molar-refractivity contribution in [3.05, 3.63) is 53.2 Å². The Morgan fingerprint density at radius 3 is 2.76 bits per heavy atom. The Morgan fingerprint density at radius 2 is 1.90 bits per heavy atom. The van der Waals surface area contributed by atoms with Crippen molar-refractivity contribution in [1.29, 1.82) is 0 Å². The number of fused-ring (bicyclic) bond motifs is 1. The number of aromatic amines is 2. The van der Waals surface area contributed by atoms with Crippen LogP contribution in [0.4, 0.5) is 0 Å². The number of nitrogens with zero attached hydrogens (tertiary/aromatic N) is 3. The van der Waals surface area contributed by atoms with Crippen molar-refractivity contribution in [2.75, 3.05) is 0 Å². The molecular formula is C14H9N5O2. The third-order valence-electron chi connectivity index (χ3n) is 3.15. The first-order valence-electron chi connectivity index (χ1n) is 6.27. The highest BCUT2D eigenvalue weighted by molar-refractivity contribution is 5.89. The number of rotatable bonds is 2. The number of hydrogen-bond donors (Lipinski definition) is 2. The van der Waals surface area contributed by atoms with Crippen LogP contribution in [0.3, 0.4) is 0 Å². The van der Waals surface area contributed by atoms with E-state index in [4.69, 9.17) is 4.52 Å². The SMILES string of the molecule is O=c1[nH]c2cccc(-c3nc(-c4ccncc4)no3)c2[nH]1. The highest BCUT2D eigenvalue weighted by atomic mass is 16.5. The van der Waals surface area contributed by atoms with E-state index in [1.165, 1.54) is 0 Å². The maximum atomic E-state index is 11.4. The summed E-state index contributed by atoms with van der Waals surface area (Å²) in [6.07, 6.45) is 3.32. The van der Waals surface area contributed by atoms with E-state index in [2.05, 4.69) is 25.1 Å². The molecule has 0 saturated carbocycles. The Balaban J connectivity index is 1.87. The lowest BCUT2D eigenvalue weighted by Gasteiger charge is -1.95. The van der Waals surface area contributed by atoms with Gasteiger partial charge in [0.05, 0.1) is 16.6 Å². The van der Waals surface area contributed by atoms with Crippen molar-refractivity contribution in [1.82, 2.24) is 25.1 Å². The van der Waals surface area contributed by atoms with Gasteiger partial charge in [0.15, 0.2) is 0 Å². The normalized spacial score (nSPS) is 11.0. The fourth-order valence-corrected chi connectivity index (χ4v) is 2.19. The molecule has 0 atom stereocenters. The summed E-state index contributed by atoms with van der Waals surface area (Å²) in [7, 11) is 0. The number of imidazole rings is 1. The average molecular weight is 279 g/mol. The molecule has 1 aromatic carbocycles. The quantitative estimate of drug-likeness (QED) is 0.584. The van der Waals surface area contributed by atoms with E-state index >= 15 is 0 Å². The topological polar surface area (TPSA) is 100 Å². The molecule has 0 aliphatic carbocycles. The van der Waals surface area contributed by atoms with Gasteiger partial charge in [-0.15, -0.1) is 0 Å². The lowest BCUT2D eigenvalue weighted by Crippen LogP contribution is -1.99. The predicted molar refractivity (Wildman–Crippen MR) is 75.4 cm³/mol. The number of nitrogens with one attached hydrogen (secondary N) is 2. The number of hydrogen-bond acceptors (Lipinski definition) is 5. The standard InChI is InChI=1S/C14H9N5O2/c20-14-16-10-3-1-2-9(11(10)17-14)13-18-12(19-21-13)8-4-6-15-7-5-8/h1-7H,(H2,16,17,20). The van der Waals surface area contributed by atoms with Crippen LogP contribution in [-0.4, -0.2) is 25.1 Å². The van der Waals surface area contributed by atoms with E-state index in [9.17, 15) is 4.79 Å². The summed E-state index contributed by atoms with van der Waals surface area (Å²) in [5.41, 5.74) is 2.56. The van der Waals surface area contributed by atoms with E-state index in [1.807, 2.05) is 12.1 Å². The van der Waals surface area contributed by atoms with Gasteiger partial charge in [-0.05, 0) is 24.3 Å². The van der Waals surface area contributed by atoms with Gasteiger partial charge >= 0.3 is 5.69 Å². The Bertz CT molecular complexity index is 968. The van der Waals surface area contributed by atoms with Crippen LogP contribution in [-0.2, 0) is 0 Å². The van der Waals surface area contributed by atoms with Crippen LogP contribution >= 0.6 is 0 Å². The van der Waals surface area contributed by atoms with Gasteiger partial charge in [0.25, 0.3) is 5.89 Å². The van der Waals surface area contributed by atoms with Crippen molar-refractivity contribution in [2.45, 2.75) is 0 Å². The maximum Gasteiger partial charge on any atom is 0.323 e. The molecule has 4 rings (SSSR count). The minimum atomic E-state index is -0.272. The zero-order valence-corrected chi connectivity index (χ0v) is 10.7. The molecule has 102 valence electrons. The van der Waals surface area contributed by atoms with Gasteiger partial charge in [-0.25, -0.2) is 4.79 Å². The van der Waals surface area contributed by atoms with Gasteiger partial charge < -0.3 is 14.5 Å². The molecule has 0 aliphatic rings. The van der Waals surface area contributed by atoms with Crippen LogP contribution in [0.1, 0.15) is 0 Å². The predicted octanol–water partition coefficient (Wildman–Crippen LogP) is 1.97. The molecule has 3 heterocycles. The second-order valence-electron chi connectivity index (χ2n) is 4.47. The molecule has 0 unspecified atom stereocenters. The number of para-hydroxylation sites is 1. The fourth-order valence-electron chi connectivity index (χ4n) is 2.19. The van der Waals surface area contributed by atoms with Crippen LogP contribution in [0, 0.1) is 0 Å². The van der Waals surface area contributed by atoms with Crippen LogP contribution < -0.4 is 5.69 Å². The highest BCUT2D eigenvalue weighted by Crippen LogP contribution is 2.26. The summed E-state index contributed by atoms with van der Waals surface area (Å²) in [4.78, 5) is 25.2. The zero-order valence-electron chi connectivity index (χ0n) is 10.7. The molecular weight excluding hydrogens is 270 g/mol. The summed E-state index contributed by atoms with van der Waals surface area (Å²) in [5, 5.41) is 3.96. The van der Waals surface area contributed by atoms with Crippen molar-refractivity contribution in [3.63, 3.8) is 0 Å². The third kappa shape index (κ3) is 1.91. The average Bonchev–Trinajstić information content (AvgIpc) is 3.13. The molecule has 0 saturated heterocycles. The van der Waals surface area contributed by atoms with E-state index in [1.54, 1.807) is 30.6 Å². The van der Waals surface area contributed by atoms with Gasteiger partial charge in [-0.1, -0.05) is 11.2 Å². The molecule has 0 aliphatic heterocycles. The second kappa shape index (κ2) is 4.41. The Kier molecular flexibility index (Phi) is 2.43. The Morgan fingerprint density at radius 1 is 1.05 bits per heavy atom. The van der Waals surface area contributed by atoms with E-state index in [-0.39, 0.29) is 5.69 Å². The van der Waals surface area contributed by atoms with E-state index in [0.29, 0.717) is 28.3 Å². The number of aromatic nitrogens is 5. The third-order valence-corrected chi connectivity index (χ3v) is 3.15. The maximum absolute atomic E-state index is 11.4. The summed E-state index contributed by atoms with van der Waals surface area (Å²) in [6.45, 7) is 0. The lowest BCUT2D eigenvalue weighted by atomic mass is 10.2. The van der Waals surface area contributed by atoms with Crippen molar-refractivity contribution >= 4 is 11.0 Å².